The van der Waals surface area contributed by atoms with Crippen LogP contribution in [-0.4, -0.2) is 24.2 Å². The Balaban J connectivity index is 0.000000227. The fraction of sp³-hybridized carbons (Fsp3) is 0.130. The van der Waals surface area contributed by atoms with Crippen LogP contribution in [0.25, 0.3) is 5.57 Å². The zero-order valence-electron chi connectivity index (χ0n) is 30.9. The Morgan fingerprint density at radius 1 is 0.510 bits per heavy atom. The van der Waals surface area contributed by atoms with Crippen LogP contribution in [0.5, 0.6) is 0 Å². The van der Waals surface area contributed by atoms with E-state index >= 15 is 0 Å². The van der Waals surface area contributed by atoms with Crippen LogP contribution >= 0.6 is 0 Å². The molecule has 0 aliphatic heterocycles. The largest absolute Gasteiger partial charge is 2.00 e. The van der Waals surface area contributed by atoms with E-state index in [0.29, 0.717) is 0 Å². The average molecular weight is 760 g/mol. The van der Waals surface area contributed by atoms with Crippen molar-refractivity contribution in [3.05, 3.63) is 215 Å². The van der Waals surface area contributed by atoms with Gasteiger partial charge in [0.1, 0.15) is 6.15 Å². The smallest absolute Gasteiger partial charge is 0.345 e. The van der Waals surface area contributed by atoms with Gasteiger partial charge in [0.25, 0.3) is 0 Å². The average Bonchev–Trinajstić information content (AvgIpc) is 3.92. The number of rotatable bonds is 6. The van der Waals surface area contributed by atoms with E-state index in [1.807, 2.05) is 78.1 Å². The molecule has 4 aromatic carbocycles. The van der Waals surface area contributed by atoms with Crippen molar-refractivity contribution < 1.29 is 26.2 Å². The molecule has 2 nitrogen and oxygen atoms in total. The van der Waals surface area contributed by atoms with Gasteiger partial charge in [0, 0.05) is 11.9 Å². The summed E-state index contributed by atoms with van der Waals surface area (Å²) >= 11 is 0. The summed E-state index contributed by atoms with van der Waals surface area (Å²) in [5.41, 5.74) is 13.0. The van der Waals surface area contributed by atoms with E-state index in [1.54, 1.807) is 6.20 Å². The first kappa shape index (κ1) is 42.3. The van der Waals surface area contributed by atoms with Gasteiger partial charge in [-0.05, 0) is 91.8 Å². The molecule has 2 aliphatic carbocycles. The molecule has 0 unspecified atom stereocenters. The molecule has 7 rings (SSSR count). The van der Waals surface area contributed by atoms with Crippen molar-refractivity contribution in [2.45, 2.75) is 40.4 Å². The molecule has 0 spiro atoms. The van der Waals surface area contributed by atoms with Gasteiger partial charge in [-0.15, -0.1) is 0 Å². The molecule has 1 heterocycles. The van der Waals surface area contributed by atoms with E-state index < -0.39 is 14.2 Å². The second-order valence-electron chi connectivity index (χ2n) is 13.4. The monoisotopic (exact) mass is 758 g/mol. The Morgan fingerprint density at radius 3 is 1.08 bits per heavy atom. The summed E-state index contributed by atoms with van der Waals surface area (Å²) in [5.74, 6) is 0. The van der Waals surface area contributed by atoms with Crippen LogP contribution in [0, 0.1) is 83.8 Å². The summed E-state index contributed by atoms with van der Waals surface area (Å²) in [4.78, 5) is 8.84. The molecule has 2 fully saturated rings. The predicted molar refractivity (Wildman–Crippen MR) is 220 cm³/mol. The van der Waals surface area contributed by atoms with E-state index in [2.05, 4.69) is 164 Å². The van der Waals surface area contributed by atoms with Crippen LogP contribution in [-0.2, 0) is 26.2 Å². The van der Waals surface area contributed by atoms with Crippen LogP contribution in [0.4, 0.5) is 0 Å². The number of hydrogen-bond donors (Lipinski definition) is 0. The molecular weight excluding hydrogens is 711 g/mol. The van der Waals surface area contributed by atoms with Crippen molar-refractivity contribution in [2.24, 2.45) is 0 Å². The molecule has 0 bridgehead atoms. The van der Waals surface area contributed by atoms with E-state index in [-0.39, 0.29) is 26.2 Å². The molecule has 2 saturated carbocycles. The topological polar surface area (TPSA) is 25.8 Å². The Kier molecular flexibility index (Phi) is 18.3. The number of benzene rings is 4. The zero-order valence-corrected chi connectivity index (χ0v) is 34.3. The quantitative estimate of drug-likeness (QED) is 0.129. The molecule has 5 aromatic rings. The van der Waals surface area contributed by atoms with Crippen molar-refractivity contribution >= 4 is 41.6 Å². The Bertz CT molecular complexity index is 1510. The number of allylic oxidation sites excluding steroid dienone is 1. The minimum atomic E-state index is -1.30. The van der Waals surface area contributed by atoms with Gasteiger partial charge in [-0.25, -0.2) is 5.57 Å². The normalized spacial score (nSPS) is 14.0. The standard InChI is InChI=1S/C24H20B.C12H19N2Si.2C5H5.Zr/c1-5-13-21(14-6-1)25(22-15-7-2-8-16-22,23-17-9-3-10-18-23)24-19-11-4-12-20-24;1-9(8-15(4,5)6)12-11(3)13-7-10(2)14-12;2*1-2-4-5-3-1;/h1-20H;7H,1-6H3;2*1-5H;/q2*-1;;;+2. The van der Waals surface area contributed by atoms with Crippen LogP contribution in [0.3, 0.4) is 0 Å². The molecule has 0 atom stereocenters. The molecule has 1 aromatic heterocycles. The maximum atomic E-state index is 4.52. The number of nitrogens with zero attached hydrogens (tertiary/aromatic N) is 2. The van der Waals surface area contributed by atoms with E-state index in [1.165, 1.54) is 21.9 Å². The Hall–Kier alpha value is -3.14. The minimum absolute atomic E-state index is 0. The second kappa shape index (κ2) is 22.1. The van der Waals surface area contributed by atoms with Crippen molar-refractivity contribution in [3.63, 3.8) is 0 Å². The summed E-state index contributed by atoms with van der Waals surface area (Å²) in [6.45, 7) is 12.9. The number of hydrogen-bond acceptors (Lipinski definition) is 2. The van der Waals surface area contributed by atoms with E-state index in [0.717, 1.165) is 22.7 Å². The third kappa shape index (κ3) is 13.1. The summed E-state index contributed by atoms with van der Waals surface area (Å²) in [6.07, 6.45) is 20.6. The fourth-order valence-electron chi connectivity index (χ4n) is 6.28. The fourth-order valence-corrected chi connectivity index (χ4v) is 7.52. The van der Waals surface area contributed by atoms with Gasteiger partial charge < -0.3 is 4.98 Å². The van der Waals surface area contributed by atoms with E-state index in [4.69, 9.17) is 0 Å². The van der Waals surface area contributed by atoms with Crippen LogP contribution < -0.4 is 21.9 Å². The molecule has 0 N–H and O–H groups in total. The van der Waals surface area contributed by atoms with Gasteiger partial charge in [-0.2, -0.15) is 21.9 Å². The van der Waals surface area contributed by atoms with Crippen molar-refractivity contribution in [2.75, 3.05) is 0 Å². The molecule has 254 valence electrons. The number of aromatic nitrogens is 2. The van der Waals surface area contributed by atoms with E-state index in [9.17, 15) is 0 Å². The summed E-state index contributed by atoms with van der Waals surface area (Å²) in [5, 5.41) is 0. The Labute approximate surface area is 330 Å². The maximum Gasteiger partial charge on any atom is 2.00 e. The minimum Gasteiger partial charge on any atom is -0.345 e. The van der Waals surface area contributed by atoms with Crippen LogP contribution in [0.2, 0.25) is 19.6 Å². The molecule has 0 amide bonds. The second-order valence-corrected chi connectivity index (χ2v) is 18.1. The summed E-state index contributed by atoms with van der Waals surface area (Å²) < 4.78 is 0. The SMILES string of the molecule is CC(=[C-][Si](C)(C)C)c1nc(C)cnc1C.[CH]1[CH][CH][CH][CH]1.[CH]1[CH][CH][CH][CH]1.[Zr+2].c1ccc([B-](c2ccccc2)(c2ccccc2)c2ccccc2)cc1. The van der Waals surface area contributed by atoms with Crippen molar-refractivity contribution in [1.29, 1.82) is 0 Å². The van der Waals surface area contributed by atoms with Gasteiger partial charge in [0.15, 0.2) is 0 Å². The molecule has 0 saturated heterocycles. The van der Waals surface area contributed by atoms with Crippen LogP contribution in [0.15, 0.2) is 128 Å². The van der Waals surface area contributed by atoms with Gasteiger partial charge in [0.05, 0.1) is 0 Å². The van der Waals surface area contributed by atoms with Gasteiger partial charge in [0.2, 0.25) is 0 Å². The van der Waals surface area contributed by atoms with Crippen molar-refractivity contribution in [1.82, 2.24) is 9.97 Å². The molecule has 51 heavy (non-hydrogen) atoms. The first-order chi connectivity index (χ1) is 24.2. The molecular formula is C46H49BN2SiZr. The van der Waals surface area contributed by atoms with Gasteiger partial charge in [-0.1, -0.05) is 154 Å². The van der Waals surface area contributed by atoms with Crippen LogP contribution in [0.1, 0.15) is 24.0 Å². The third-order valence-corrected chi connectivity index (χ3v) is 9.43. The first-order valence-electron chi connectivity index (χ1n) is 17.3. The predicted octanol–water partition coefficient (Wildman–Crippen LogP) is 8.28. The Morgan fingerprint density at radius 2 is 0.804 bits per heavy atom. The number of aryl methyl sites for hydroxylation is 2. The summed E-state index contributed by atoms with van der Waals surface area (Å²) in [7, 11) is -1.30. The third-order valence-electron chi connectivity index (χ3n) is 8.30. The molecule has 2 aliphatic rings. The molecule has 10 radical (unpaired) electrons. The first-order valence-corrected chi connectivity index (χ1v) is 20.8. The zero-order chi connectivity index (χ0) is 35.7. The van der Waals surface area contributed by atoms with Gasteiger partial charge in [-0.3, -0.25) is 10.7 Å². The maximum absolute atomic E-state index is 4.52. The summed E-state index contributed by atoms with van der Waals surface area (Å²) in [6, 6.07) is 43.5. The molecule has 5 heteroatoms. The van der Waals surface area contributed by atoms with Crippen molar-refractivity contribution in [3.8, 4) is 0 Å². The van der Waals surface area contributed by atoms with Gasteiger partial charge >= 0.3 is 26.2 Å².